The number of nitrogens with zero attached hydrogens (tertiary/aromatic N) is 4. The predicted octanol–water partition coefficient (Wildman–Crippen LogP) is 3.30. The molecule has 178 valence electrons. The Bertz CT molecular complexity index is 1040. The fourth-order valence-electron chi connectivity index (χ4n) is 5.39. The van der Waals surface area contributed by atoms with Gasteiger partial charge in [0.05, 0.1) is 0 Å². The number of likely N-dealkylation sites (tertiary alicyclic amines) is 1. The molecule has 0 N–H and O–H groups in total. The molecule has 2 aliphatic heterocycles. The van der Waals surface area contributed by atoms with Gasteiger partial charge in [-0.25, -0.2) is 4.39 Å². The van der Waals surface area contributed by atoms with Gasteiger partial charge in [-0.1, -0.05) is 13.8 Å². The number of aromatic nitrogens is 1. The van der Waals surface area contributed by atoms with Crippen molar-refractivity contribution < 1.29 is 9.18 Å². The Balaban J connectivity index is 1.55. The Labute approximate surface area is 195 Å². The van der Waals surface area contributed by atoms with Crippen molar-refractivity contribution in [2.24, 2.45) is 0 Å². The fourth-order valence-corrected chi connectivity index (χ4v) is 5.39. The van der Waals surface area contributed by atoms with E-state index < -0.39 is 0 Å². The molecule has 2 aromatic rings. The normalized spacial score (nSPS) is 19.3. The Morgan fingerprint density at radius 3 is 2.39 bits per heavy atom. The van der Waals surface area contributed by atoms with Crippen LogP contribution in [0.4, 0.5) is 10.1 Å². The van der Waals surface area contributed by atoms with Crippen molar-refractivity contribution in [2.75, 3.05) is 44.2 Å². The minimum Gasteiger partial charge on any atom is -0.368 e. The first-order valence-corrected chi connectivity index (χ1v) is 12.2. The van der Waals surface area contributed by atoms with Crippen LogP contribution in [0.25, 0.3) is 0 Å². The summed E-state index contributed by atoms with van der Waals surface area (Å²) >= 11 is 0. The number of anilines is 1. The van der Waals surface area contributed by atoms with Crippen molar-refractivity contribution in [1.82, 2.24) is 14.4 Å². The molecule has 0 radical (unpaired) electrons. The van der Waals surface area contributed by atoms with Crippen LogP contribution in [0.5, 0.6) is 0 Å². The van der Waals surface area contributed by atoms with E-state index in [4.69, 9.17) is 0 Å². The molecule has 1 atom stereocenters. The lowest BCUT2D eigenvalue weighted by Gasteiger charge is -2.36. The first-order valence-electron chi connectivity index (χ1n) is 12.2. The quantitative estimate of drug-likeness (QED) is 0.672. The van der Waals surface area contributed by atoms with Crippen LogP contribution in [-0.4, -0.2) is 65.6 Å². The topological polar surface area (TPSA) is 48.8 Å². The van der Waals surface area contributed by atoms with E-state index in [1.165, 1.54) is 18.6 Å². The maximum absolute atomic E-state index is 13.5. The second kappa shape index (κ2) is 10.1. The number of halogens is 1. The third kappa shape index (κ3) is 4.83. The second-order valence-electron chi connectivity index (χ2n) is 9.12. The number of carbonyl (C=O) groups is 1. The highest BCUT2D eigenvalue weighted by molar-refractivity contribution is 5.95. The Hall–Kier alpha value is -2.67. The first-order chi connectivity index (χ1) is 15.9. The minimum atomic E-state index is -0.255. The molecule has 6 nitrogen and oxygen atoms in total. The van der Waals surface area contributed by atoms with Crippen molar-refractivity contribution in [1.29, 1.82) is 0 Å². The molecule has 7 heteroatoms. The summed E-state index contributed by atoms with van der Waals surface area (Å²) in [5, 5.41) is 0. The van der Waals surface area contributed by atoms with Crippen molar-refractivity contribution >= 4 is 11.6 Å². The highest BCUT2D eigenvalue weighted by atomic mass is 19.1. The second-order valence-corrected chi connectivity index (χ2v) is 9.12. The summed E-state index contributed by atoms with van der Waals surface area (Å²) < 4.78 is 15.5. The van der Waals surface area contributed by atoms with Gasteiger partial charge in [0.1, 0.15) is 11.4 Å². The maximum atomic E-state index is 13.5. The number of likely N-dealkylation sites (N-methyl/N-ethyl adjacent to an activating group) is 1. The van der Waals surface area contributed by atoms with Crippen molar-refractivity contribution in [3.8, 4) is 0 Å². The molecule has 1 unspecified atom stereocenters. The van der Waals surface area contributed by atoms with Gasteiger partial charge in [0.15, 0.2) is 5.43 Å². The van der Waals surface area contributed by atoms with Gasteiger partial charge in [0, 0.05) is 61.9 Å². The number of hydrogen-bond acceptors (Lipinski definition) is 4. The first kappa shape index (κ1) is 23.5. The number of amides is 1. The maximum Gasteiger partial charge on any atom is 0.259 e. The minimum absolute atomic E-state index is 0.164. The summed E-state index contributed by atoms with van der Waals surface area (Å²) in [6.45, 7) is 11.6. The predicted molar refractivity (Wildman–Crippen MR) is 130 cm³/mol. The van der Waals surface area contributed by atoms with Crippen LogP contribution in [0.2, 0.25) is 0 Å². The lowest BCUT2D eigenvalue weighted by Crippen LogP contribution is -2.50. The highest BCUT2D eigenvalue weighted by Crippen LogP contribution is 2.22. The SMILES string of the molecule is CCc1c(C(=O)N2CCN(c3ccc(F)cc3)CC2)c(=O)cc(C)n1CC1CCCN1CC. The fraction of sp³-hybridized carbons (Fsp3) is 0.538. The molecule has 2 fully saturated rings. The molecule has 0 saturated carbocycles. The van der Waals surface area contributed by atoms with Crippen LogP contribution < -0.4 is 10.3 Å². The summed E-state index contributed by atoms with van der Waals surface area (Å²) in [5.41, 5.74) is 2.89. The standard InChI is InChI=1S/C26H35FN4O2/c1-4-23-25(24(32)17-19(3)31(23)18-22-7-6-12-28(22)5-2)26(33)30-15-13-29(14-16-30)21-10-8-20(27)9-11-21/h8-11,17,22H,4-7,12-16,18H2,1-3H3. The zero-order valence-corrected chi connectivity index (χ0v) is 20.0. The molecule has 0 bridgehead atoms. The van der Waals surface area contributed by atoms with E-state index in [0.29, 0.717) is 44.2 Å². The van der Waals surface area contributed by atoms with Crippen LogP contribution in [0.15, 0.2) is 35.1 Å². The van der Waals surface area contributed by atoms with E-state index in [9.17, 15) is 14.0 Å². The number of carbonyl (C=O) groups excluding carboxylic acids is 1. The van der Waals surface area contributed by atoms with Gasteiger partial charge in [-0.15, -0.1) is 0 Å². The van der Waals surface area contributed by atoms with Gasteiger partial charge < -0.3 is 14.4 Å². The molecule has 0 aliphatic carbocycles. The van der Waals surface area contributed by atoms with Crippen LogP contribution >= 0.6 is 0 Å². The summed E-state index contributed by atoms with van der Waals surface area (Å²) in [6.07, 6.45) is 2.99. The molecule has 33 heavy (non-hydrogen) atoms. The van der Waals surface area contributed by atoms with Gasteiger partial charge >= 0.3 is 0 Å². The third-order valence-electron chi connectivity index (χ3n) is 7.23. The number of rotatable bonds is 6. The van der Waals surface area contributed by atoms with Crippen LogP contribution in [0.1, 0.15) is 48.4 Å². The lowest BCUT2D eigenvalue weighted by molar-refractivity contribution is 0.0743. The number of aryl methyl sites for hydroxylation is 1. The number of pyridine rings is 1. The molecular weight excluding hydrogens is 419 g/mol. The molecule has 1 aromatic carbocycles. The molecule has 3 heterocycles. The van der Waals surface area contributed by atoms with Gasteiger partial charge in [-0.3, -0.25) is 14.5 Å². The van der Waals surface area contributed by atoms with Gasteiger partial charge in [0.2, 0.25) is 0 Å². The summed E-state index contributed by atoms with van der Waals surface area (Å²) in [6, 6.07) is 8.53. The van der Waals surface area contributed by atoms with Crippen molar-refractivity contribution in [3.63, 3.8) is 0 Å². The molecule has 1 amide bonds. The van der Waals surface area contributed by atoms with Crippen molar-refractivity contribution in [3.05, 3.63) is 63.3 Å². The van der Waals surface area contributed by atoms with E-state index in [0.717, 1.165) is 43.1 Å². The number of benzene rings is 1. The highest BCUT2D eigenvalue weighted by Gasteiger charge is 2.29. The zero-order chi connectivity index (χ0) is 23.5. The third-order valence-corrected chi connectivity index (χ3v) is 7.23. The van der Waals surface area contributed by atoms with E-state index in [1.54, 1.807) is 23.1 Å². The number of piperazine rings is 1. The average molecular weight is 455 g/mol. The van der Waals surface area contributed by atoms with Crippen LogP contribution in [0, 0.1) is 12.7 Å². The monoisotopic (exact) mass is 454 g/mol. The van der Waals surface area contributed by atoms with Gasteiger partial charge in [0.25, 0.3) is 5.91 Å². The average Bonchev–Trinajstić information content (AvgIpc) is 3.28. The molecule has 2 aliphatic rings. The smallest absolute Gasteiger partial charge is 0.259 e. The zero-order valence-electron chi connectivity index (χ0n) is 20.0. The van der Waals surface area contributed by atoms with Crippen LogP contribution in [0.3, 0.4) is 0 Å². The molecular formula is C26H35FN4O2. The molecule has 2 saturated heterocycles. The van der Waals surface area contributed by atoms with Crippen molar-refractivity contribution in [2.45, 2.75) is 52.6 Å². The molecule has 4 rings (SSSR count). The molecule has 1 aromatic heterocycles. The molecule has 0 spiro atoms. The Morgan fingerprint density at radius 2 is 1.76 bits per heavy atom. The lowest BCUT2D eigenvalue weighted by atomic mass is 10.1. The summed E-state index contributed by atoms with van der Waals surface area (Å²) in [5.74, 6) is -0.418. The van der Waals surface area contributed by atoms with E-state index >= 15 is 0 Å². The summed E-state index contributed by atoms with van der Waals surface area (Å²) in [4.78, 5) is 33.0. The Morgan fingerprint density at radius 1 is 1.06 bits per heavy atom. The Kier molecular flexibility index (Phi) is 7.17. The van der Waals surface area contributed by atoms with Gasteiger partial charge in [-0.05, 0) is 63.5 Å². The van der Waals surface area contributed by atoms with E-state index in [-0.39, 0.29) is 17.2 Å². The largest absolute Gasteiger partial charge is 0.368 e. The van der Waals surface area contributed by atoms with E-state index in [1.807, 2.05) is 13.8 Å². The van der Waals surface area contributed by atoms with Gasteiger partial charge in [-0.2, -0.15) is 0 Å². The van der Waals surface area contributed by atoms with Crippen LogP contribution in [-0.2, 0) is 13.0 Å². The van der Waals surface area contributed by atoms with E-state index in [2.05, 4.69) is 21.3 Å². The number of hydrogen-bond donors (Lipinski definition) is 0. The summed E-state index contributed by atoms with van der Waals surface area (Å²) in [7, 11) is 0.